The third kappa shape index (κ3) is 5.40. The summed E-state index contributed by atoms with van der Waals surface area (Å²) in [6, 6.07) is 18.7. The number of carbonyl (C=O) groups excluding carboxylic acids is 1. The van der Waals surface area contributed by atoms with Gasteiger partial charge >= 0.3 is 0 Å². The molecular weight excluding hydrogens is 516 g/mol. The first-order valence-electron chi connectivity index (χ1n) is 13.1. The molecule has 2 aliphatic heterocycles. The van der Waals surface area contributed by atoms with Crippen LogP contribution in [-0.2, 0) is 29.5 Å². The number of nitriles is 1. The second-order valence-corrected chi connectivity index (χ2v) is 12.9. The van der Waals surface area contributed by atoms with Crippen molar-refractivity contribution in [3.8, 4) is 6.07 Å². The van der Waals surface area contributed by atoms with Crippen LogP contribution in [0.4, 0.5) is 5.00 Å². The Morgan fingerprint density at radius 3 is 2.58 bits per heavy atom. The first kappa shape index (κ1) is 26.6. The van der Waals surface area contributed by atoms with Crippen LogP contribution in [0, 0.1) is 11.3 Å². The van der Waals surface area contributed by atoms with Crippen LogP contribution in [0.5, 0.6) is 0 Å². The van der Waals surface area contributed by atoms with Crippen LogP contribution < -0.4 is 5.32 Å². The number of thiophene rings is 1. The minimum absolute atomic E-state index is 0.0228. The molecule has 0 spiro atoms. The summed E-state index contributed by atoms with van der Waals surface area (Å²) in [7, 11) is -3.61. The van der Waals surface area contributed by atoms with Crippen molar-refractivity contribution in [2.45, 2.75) is 63.1 Å². The van der Waals surface area contributed by atoms with E-state index in [2.05, 4.69) is 28.4 Å². The van der Waals surface area contributed by atoms with Gasteiger partial charge in [0.2, 0.25) is 10.0 Å². The number of fused-ring (bicyclic) bond motifs is 1. The number of amides is 1. The molecule has 1 fully saturated rings. The number of benzene rings is 2. The van der Waals surface area contributed by atoms with Crippen molar-refractivity contribution in [3.63, 3.8) is 0 Å². The van der Waals surface area contributed by atoms with Gasteiger partial charge in [-0.05, 0) is 61.1 Å². The third-order valence-electron chi connectivity index (χ3n) is 7.49. The van der Waals surface area contributed by atoms with Gasteiger partial charge in [-0.2, -0.15) is 9.57 Å². The van der Waals surface area contributed by atoms with E-state index in [4.69, 9.17) is 0 Å². The molecular formula is C29H32N4O3S2. The van der Waals surface area contributed by atoms with Gasteiger partial charge in [0, 0.05) is 42.7 Å². The molecule has 3 aromatic rings. The van der Waals surface area contributed by atoms with E-state index in [-0.39, 0.29) is 16.8 Å². The molecule has 1 saturated heterocycles. The highest BCUT2D eigenvalue weighted by Gasteiger charge is 2.32. The Labute approximate surface area is 228 Å². The van der Waals surface area contributed by atoms with Crippen molar-refractivity contribution in [2.24, 2.45) is 0 Å². The molecule has 5 rings (SSSR count). The van der Waals surface area contributed by atoms with Crippen molar-refractivity contribution in [1.82, 2.24) is 9.21 Å². The normalized spacial score (nSPS) is 18.5. The fraction of sp³-hybridized carbons (Fsp3) is 0.379. The predicted molar refractivity (Wildman–Crippen MR) is 150 cm³/mol. The van der Waals surface area contributed by atoms with Gasteiger partial charge < -0.3 is 5.32 Å². The molecule has 1 unspecified atom stereocenters. The number of carbonyl (C=O) groups is 1. The molecule has 7 nitrogen and oxygen atoms in total. The molecule has 9 heteroatoms. The summed E-state index contributed by atoms with van der Waals surface area (Å²) < 4.78 is 28.1. The molecule has 198 valence electrons. The van der Waals surface area contributed by atoms with E-state index >= 15 is 0 Å². The summed E-state index contributed by atoms with van der Waals surface area (Å²) in [5.74, 6) is -0.352. The highest BCUT2D eigenvalue weighted by atomic mass is 32.2. The maximum atomic E-state index is 13.3. The van der Waals surface area contributed by atoms with E-state index in [0.29, 0.717) is 22.7 Å². The van der Waals surface area contributed by atoms with Crippen molar-refractivity contribution >= 4 is 32.3 Å². The first-order chi connectivity index (χ1) is 18.4. The van der Waals surface area contributed by atoms with Gasteiger partial charge in [-0.25, -0.2) is 8.42 Å². The van der Waals surface area contributed by atoms with Gasteiger partial charge in [-0.3, -0.25) is 9.69 Å². The zero-order valence-electron chi connectivity index (χ0n) is 21.5. The minimum Gasteiger partial charge on any atom is -0.312 e. The molecule has 0 aliphatic carbocycles. The van der Waals surface area contributed by atoms with Crippen molar-refractivity contribution < 1.29 is 13.2 Å². The zero-order valence-corrected chi connectivity index (χ0v) is 23.2. The quantitative estimate of drug-likeness (QED) is 0.428. The van der Waals surface area contributed by atoms with Gasteiger partial charge in [0.25, 0.3) is 5.91 Å². The molecule has 0 radical (unpaired) electrons. The smallest absolute Gasteiger partial charge is 0.256 e. The summed E-state index contributed by atoms with van der Waals surface area (Å²) in [6.07, 6.45) is 4.35. The van der Waals surface area contributed by atoms with Gasteiger partial charge in [0.15, 0.2) is 0 Å². The molecule has 0 bridgehead atoms. The van der Waals surface area contributed by atoms with Crippen LogP contribution in [0.15, 0.2) is 59.5 Å². The van der Waals surface area contributed by atoms with Gasteiger partial charge in [-0.1, -0.05) is 43.7 Å². The standard InChI is InChI=1S/C29H32N4O3S2/c1-2-23-10-6-7-16-33(23)38(35,36)24-13-11-22(12-14-24)28(34)31-29-26(18-30)25-15-17-32(20-27(25)37-29)19-21-8-4-3-5-9-21/h3-5,8-9,11-14,23H,2,6-7,10,15-17,19-20H2,1H3,(H,31,34). The fourth-order valence-electron chi connectivity index (χ4n) is 5.43. The largest absolute Gasteiger partial charge is 0.312 e. The van der Waals surface area contributed by atoms with E-state index in [9.17, 15) is 18.5 Å². The van der Waals surface area contributed by atoms with E-state index in [1.165, 1.54) is 29.0 Å². The number of hydrogen-bond donors (Lipinski definition) is 1. The molecule has 1 amide bonds. The summed E-state index contributed by atoms with van der Waals surface area (Å²) >= 11 is 1.45. The zero-order chi connectivity index (χ0) is 26.7. The SMILES string of the molecule is CCC1CCCCN1S(=O)(=O)c1ccc(C(=O)Nc2sc3c(c2C#N)CCN(Cc2ccccc2)C3)cc1. The summed E-state index contributed by atoms with van der Waals surface area (Å²) in [5.41, 5.74) is 3.16. The van der Waals surface area contributed by atoms with Crippen LogP contribution in [0.1, 0.15) is 64.5 Å². The lowest BCUT2D eigenvalue weighted by Crippen LogP contribution is -2.43. The van der Waals surface area contributed by atoms with Crippen LogP contribution in [0.25, 0.3) is 0 Å². The lowest BCUT2D eigenvalue weighted by molar-refractivity contribution is 0.102. The molecule has 1 aromatic heterocycles. The first-order valence-corrected chi connectivity index (χ1v) is 15.4. The monoisotopic (exact) mass is 548 g/mol. The second kappa shape index (κ2) is 11.4. The van der Waals surface area contributed by atoms with E-state index < -0.39 is 10.0 Å². The number of rotatable bonds is 7. The third-order valence-corrected chi connectivity index (χ3v) is 10.6. The van der Waals surface area contributed by atoms with Crippen molar-refractivity contribution in [1.29, 1.82) is 5.26 Å². The van der Waals surface area contributed by atoms with Crippen molar-refractivity contribution in [3.05, 3.63) is 81.7 Å². The average Bonchev–Trinajstić information content (AvgIpc) is 3.29. The predicted octanol–water partition coefficient (Wildman–Crippen LogP) is 5.38. The lowest BCUT2D eigenvalue weighted by atomic mass is 10.0. The highest BCUT2D eigenvalue weighted by Crippen LogP contribution is 2.37. The van der Waals surface area contributed by atoms with Gasteiger partial charge in [0.1, 0.15) is 11.1 Å². The van der Waals surface area contributed by atoms with E-state index in [0.717, 1.165) is 62.2 Å². The number of nitrogens with one attached hydrogen (secondary N) is 1. The highest BCUT2D eigenvalue weighted by molar-refractivity contribution is 7.89. The Hall–Kier alpha value is -3.03. The summed E-state index contributed by atoms with van der Waals surface area (Å²) in [5, 5.41) is 13.3. The Kier molecular flexibility index (Phi) is 7.96. The number of hydrogen-bond acceptors (Lipinski definition) is 6. The van der Waals surface area contributed by atoms with Crippen molar-refractivity contribution in [2.75, 3.05) is 18.4 Å². The number of nitrogens with zero attached hydrogens (tertiary/aromatic N) is 3. The van der Waals surface area contributed by atoms with E-state index in [1.807, 2.05) is 25.1 Å². The molecule has 38 heavy (non-hydrogen) atoms. The van der Waals surface area contributed by atoms with Crippen LogP contribution in [-0.4, -0.2) is 42.7 Å². The Morgan fingerprint density at radius 2 is 1.87 bits per heavy atom. The van der Waals surface area contributed by atoms with E-state index in [1.54, 1.807) is 16.4 Å². The Balaban J connectivity index is 1.29. The average molecular weight is 549 g/mol. The molecule has 1 atom stereocenters. The number of piperidine rings is 1. The lowest BCUT2D eigenvalue weighted by Gasteiger charge is -2.34. The summed E-state index contributed by atoms with van der Waals surface area (Å²) in [6.45, 7) is 4.98. The second-order valence-electron chi connectivity index (χ2n) is 9.92. The van der Waals surface area contributed by atoms with Crippen LogP contribution >= 0.6 is 11.3 Å². The number of sulfonamides is 1. The van der Waals surface area contributed by atoms with Crippen LogP contribution in [0.2, 0.25) is 0 Å². The molecule has 0 saturated carbocycles. The van der Waals surface area contributed by atoms with Gasteiger partial charge in [0.05, 0.1) is 10.5 Å². The minimum atomic E-state index is -3.61. The summed E-state index contributed by atoms with van der Waals surface area (Å²) in [4.78, 5) is 16.7. The topological polar surface area (TPSA) is 93.5 Å². The Bertz CT molecular complexity index is 1440. The molecule has 2 aliphatic rings. The van der Waals surface area contributed by atoms with Crippen LogP contribution in [0.3, 0.4) is 0 Å². The maximum absolute atomic E-state index is 13.3. The Morgan fingerprint density at radius 1 is 1.11 bits per heavy atom. The molecule has 3 heterocycles. The number of anilines is 1. The fourth-order valence-corrected chi connectivity index (χ4v) is 8.43. The molecule has 1 N–H and O–H groups in total. The van der Waals surface area contributed by atoms with Gasteiger partial charge in [-0.15, -0.1) is 11.3 Å². The molecule has 2 aromatic carbocycles. The maximum Gasteiger partial charge on any atom is 0.256 e.